The van der Waals surface area contributed by atoms with Crippen LogP contribution in [0, 0.1) is 0 Å². The van der Waals surface area contributed by atoms with Gasteiger partial charge in [-0.1, -0.05) is 29.8 Å². The number of anilines is 1. The molecular formula is C21H16ClN3OS. The van der Waals surface area contributed by atoms with Crippen molar-refractivity contribution in [2.24, 2.45) is 0 Å². The molecular weight excluding hydrogens is 378 g/mol. The molecule has 134 valence electrons. The number of nitrogens with zero attached hydrogens (tertiary/aromatic N) is 2. The van der Waals surface area contributed by atoms with Crippen LogP contribution in [0.25, 0.3) is 21.7 Å². The van der Waals surface area contributed by atoms with E-state index in [1.54, 1.807) is 29.8 Å². The molecule has 0 saturated carbocycles. The molecule has 4 rings (SSSR count). The van der Waals surface area contributed by atoms with Gasteiger partial charge in [0.2, 0.25) is 0 Å². The van der Waals surface area contributed by atoms with Gasteiger partial charge in [0.15, 0.2) is 0 Å². The van der Waals surface area contributed by atoms with Gasteiger partial charge in [0, 0.05) is 45.1 Å². The van der Waals surface area contributed by atoms with Crippen LogP contribution in [0.3, 0.4) is 0 Å². The van der Waals surface area contributed by atoms with E-state index in [1.165, 1.54) is 0 Å². The van der Waals surface area contributed by atoms with E-state index < -0.39 is 0 Å². The zero-order valence-electron chi connectivity index (χ0n) is 14.6. The number of halogens is 1. The molecule has 27 heavy (non-hydrogen) atoms. The van der Waals surface area contributed by atoms with Gasteiger partial charge < -0.3 is 5.32 Å². The molecule has 1 N–H and O–H groups in total. The van der Waals surface area contributed by atoms with Gasteiger partial charge in [0.05, 0.1) is 0 Å². The molecule has 6 heteroatoms. The Morgan fingerprint density at radius 1 is 1.19 bits per heavy atom. The first-order valence-electron chi connectivity index (χ1n) is 8.45. The van der Waals surface area contributed by atoms with Crippen molar-refractivity contribution in [3.63, 3.8) is 0 Å². The molecule has 2 aromatic heterocycles. The number of pyridine rings is 1. The fourth-order valence-corrected chi connectivity index (χ4v) is 3.81. The minimum Gasteiger partial charge on any atom is -0.307 e. The molecule has 0 bridgehead atoms. The first-order valence-corrected chi connectivity index (χ1v) is 9.71. The summed E-state index contributed by atoms with van der Waals surface area (Å²) in [5, 5.41) is 6.38. The fourth-order valence-electron chi connectivity index (χ4n) is 2.95. The van der Waals surface area contributed by atoms with Crippen LogP contribution in [-0.2, 0) is 4.79 Å². The third-order valence-electron chi connectivity index (χ3n) is 4.40. The summed E-state index contributed by atoms with van der Waals surface area (Å²) in [5.74, 6) is 0.407. The van der Waals surface area contributed by atoms with Gasteiger partial charge in [0.1, 0.15) is 10.8 Å². The van der Waals surface area contributed by atoms with Gasteiger partial charge in [-0.2, -0.15) is 0 Å². The molecule has 0 saturated heterocycles. The predicted octanol–water partition coefficient (Wildman–Crippen LogP) is 5.74. The van der Waals surface area contributed by atoms with Crippen LogP contribution in [0.5, 0.6) is 0 Å². The number of hydrogen-bond acceptors (Lipinski definition) is 4. The third-order valence-corrected chi connectivity index (χ3v) is 5.55. The van der Waals surface area contributed by atoms with Crippen LogP contribution < -0.4 is 5.32 Å². The molecule has 0 spiro atoms. The molecule has 4 nitrogen and oxygen atoms in total. The summed E-state index contributed by atoms with van der Waals surface area (Å²) in [6, 6.07) is 9.53. The van der Waals surface area contributed by atoms with Crippen LogP contribution in [0.1, 0.15) is 13.3 Å². The molecule has 0 aliphatic heterocycles. The first-order chi connectivity index (χ1) is 13.1. The zero-order chi connectivity index (χ0) is 18.8. The molecule has 1 aliphatic rings. The highest BCUT2D eigenvalue weighted by molar-refractivity contribution is 7.13. The number of amides is 1. The number of benzene rings is 1. The molecule has 0 unspecified atom stereocenters. The Labute approximate surface area is 166 Å². The van der Waals surface area contributed by atoms with Crippen molar-refractivity contribution in [3.05, 3.63) is 76.4 Å². The Hall–Kier alpha value is -2.76. The maximum absolute atomic E-state index is 12.3. The average Bonchev–Trinajstić information content (AvgIpc) is 3.35. The van der Waals surface area contributed by atoms with E-state index in [1.807, 2.05) is 48.7 Å². The number of allylic oxidation sites excluding steroid dienone is 3. The normalized spacial score (nSPS) is 13.3. The summed E-state index contributed by atoms with van der Waals surface area (Å²) in [6.45, 7) is 1.94. The van der Waals surface area contributed by atoms with Crippen molar-refractivity contribution >= 4 is 34.7 Å². The summed E-state index contributed by atoms with van der Waals surface area (Å²) in [5.41, 5.74) is 4.55. The van der Waals surface area contributed by atoms with Crippen molar-refractivity contribution in [3.8, 4) is 21.7 Å². The van der Waals surface area contributed by atoms with Crippen LogP contribution >= 0.6 is 22.9 Å². The lowest BCUT2D eigenvalue weighted by molar-refractivity contribution is -0.112. The highest BCUT2D eigenvalue weighted by Gasteiger charge is 2.15. The molecule has 1 amide bonds. The SMILES string of the molecule is CC1=C(C(=O)Nc2ccc(-c3cc(-c4nccs4)ccc3Cl)cn2)CC=C1. The first kappa shape index (κ1) is 17.6. The molecule has 0 atom stereocenters. The second-order valence-electron chi connectivity index (χ2n) is 6.19. The standard InChI is InChI=1S/C21H16ClN3OS/c1-13-3-2-4-16(13)20(26)25-19-8-6-15(12-24-19)17-11-14(5-7-18(17)22)21-23-9-10-27-21/h2-3,5-12H,4H2,1H3,(H,24,25,26). The summed E-state index contributed by atoms with van der Waals surface area (Å²) >= 11 is 7.97. The van der Waals surface area contributed by atoms with E-state index in [2.05, 4.69) is 15.3 Å². The summed E-state index contributed by atoms with van der Waals surface area (Å²) < 4.78 is 0. The molecule has 0 radical (unpaired) electrons. The maximum Gasteiger partial charge on any atom is 0.253 e. The summed E-state index contributed by atoms with van der Waals surface area (Å²) in [6.07, 6.45) is 8.11. The highest BCUT2D eigenvalue weighted by Crippen LogP contribution is 2.33. The Balaban J connectivity index is 1.57. The minimum atomic E-state index is -0.110. The van der Waals surface area contributed by atoms with E-state index in [9.17, 15) is 4.79 Å². The Morgan fingerprint density at radius 3 is 2.70 bits per heavy atom. The lowest BCUT2D eigenvalue weighted by Crippen LogP contribution is -2.15. The van der Waals surface area contributed by atoms with E-state index in [0.717, 1.165) is 32.8 Å². The number of rotatable bonds is 4. The van der Waals surface area contributed by atoms with Crippen LogP contribution in [0.15, 0.2) is 71.4 Å². The van der Waals surface area contributed by atoms with E-state index >= 15 is 0 Å². The Bertz CT molecular complexity index is 1050. The van der Waals surface area contributed by atoms with Gasteiger partial charge in [-0.3, -0.25) is 4.79 Å². The highest BCUT2D eigenvalue weighted by atomic mass is 35.5. The Morgan fingerprint density at radius 2 is 2.04 bits per heavy atom. The number of hydrogen-bond donors (Lipinski definition) is 1. The van der Waals surface area contributed by atoms with Crippen LogP contribution in [-0.4, -0.2) is 15.9 Å². The second kappa shape index (κ2) is 7.47. The largest absolute Gasteiger partial charge is 0.307 e. The molecule has 1 aromatic carbocycles. The minimum absolute atomic E-state index is 0.110. The summed E-state index contributed by atoms with van der Waals surface area (Å²) in [7, 11) is 0. The van der Waals surface area contributed by atoms with Crippen molar-refractivity contribution in [1.29, 1.82) is 0 Å². The summed E-state index contributed by atoms with van der Waals surface area (Å²) in [4.78, 5) is 21.1. The van der Waals surface area contributed by atoms with E-state index in [4.69, 9.17) is 11.6 Å². The predicted molar refractivity (Wildman–Crippen MR) is 111 cm³/mol. The molecule has 0 fully saturated rings. The lowest BCUT2D eigenvalue weighted by Gasteiger charge is -2.09. The number of nitrogens with one attached hydrogen (secondary N) is 1. The smallest absolute Gasteiger partial charge is 0.253 e. The van der Waals surface area contributed by atoms with Crippen molar-refractivity contribution in [2.45, 2.75) is 13.3 Å². The topological polar surface area (TPSA) is 54.9 Å². The zero-order valence-corrected chi connectivity index (χ0v) is 16.1. The number of thiazole rings is 1. The number of carbonyl (C=O) groups excluding carboxylic acids is 1. The number of carbonyl (C=O) groups is 1. The van der Waals surface area contributed by atoms with Crippen molar-refractivity contribution < 1.29 is 4.79 Å². The van der Waals surface area contributed by atoms with Gasteiger partial charge >= 0.3 is 0 Å². The van der Waals surface area contributed by atoms with Gasteiger partial charge in [-0.25, -0.2) is 9.97 Å². The monoisotopic (exact) mass is 393 g/mol. The fraction of sp³-hybridized carbons (Fsp3) is 0.0952. The molecule has 1 aliphatic carbocycles. The quantitative estimate of drug-likeness (QED) is 0.614. The van der Waals surface area contributed by atoms with Crippen LogP contribution in [0.2, 0.25) is 5.02 Å². The van der Waals surface area contributed by atoms with Crippen molar-refractivity contribution in [1.82, 2.24) is 9.97 Å². The Kier molecular flexibility index (Phi) is 4.88. The third kappa shape index (κ3) is 3.70. The lowest BCUT2D eigenvalue weighted by atomic mass is 10.0. The molecule has 2 heterocycles. The number of aromatic nitrogens is 2. The van der Waals surface area contributed by atoms with Gasteiger partial charge in [0.25, 0.3) is 5.91 Å². The van der Waals surface area contributed by atoms with Crippen LogP contribution in [0.4, 0.5) is 5.82 Å². The maximum atomic E-state index is 12.3. The van der Waals surface area contributed by atoms with E-state index in [0.29, 0.717) is 17.3 Å². The van der Waals surface area contributed by atoms with Gasteiger partial charge in [-0.05, 0) is 43.2 Å². The molecule has 3 aromatic rings. The second-order valence-corrected chi connectivity index (χ2v) is 7.49. The van der Waals surface area contributed by atoms with E-state index in [-0.39, 0.29) is 5.91 Å². The van der Waals surface area contributed by atoms with Crippen molar-refractivity contribution in [2.75, 3.05) is 5.32 Å². The average molecular weight is 394 g/mol. The van der Waals surface area contributed by atoms with Gasteiger partial charge in [-0.15, -0.1) is 11.3 Å².